The third-order valence-electron chi connectivity index (χ3n) is 2.59. The second kappa shape index (κ2) is 4.61. The molecule has 1 N–H and O–H groups in total. The molecule has 0 bridgehead atoms. The number of hydrogen-bond acceptors (Lipinski definition) is 4. The maximum atomic E-state index is 11.9. The average molecular weight is 235 g/mol. The summed E-state index contributed by atoms with van der Waals surface area (Å²) in [5.41, 5.74) is 1.06. The van der Waals surface area contributed by atoms with Crippen LogP contribution >= 0.6 is 0 Å². The molecule has 17 heavy (non-hydrogen) atoms. The van der Waals surface area contributed by atoms with Crippen LogP contribution in [0.25, 0.3) is 0 Å². The number of aromatic nitrogens is 1. The molecule has 1 aromatic heterocycles. The van der Waals surface area contributed by atoms with Gasteiger partial charge in [0.25, 0.3) is 5.91 Å². The van der Waals surface area contributed by atoms with Gasteiger partial charge in [0.05, 0.1) is 6.10 Å². The summed E-state index contributed by atoms with van der Waals surface area (Å²) in [5.74, 6) is 0.575. The van der Waals surface area contributed by atoms with Gasteiger partial charge in [-0.3, -0.25) is 4.79 Å². The van der Waals surface area contributed by atoms with Crippen LogP contribution in [-0.4, -0.2) is 43.0 Å². The van der Waals surface area contributed by atoms with Crippen LogP contribution in [0.4, 0.5) is 5.69 Å². The minimum Gasteiger partial charge on any atom is -0.488 e. The summed E-state index contributed by atoms with van der Waals surface area (Å²) in [6, 6.07) is 1.79. The highest BCUT2D eigenvalue weighted by molar-refractivity contribution is 5.98. The molecule has 1 fully saturated rings. The summed E-state index contributed by atoms with van der Waals surface area (Å²) in [4.78, 5) is 17.6. The molecule has 2 rings (SSSR count). The third-order valence-corrected chi connectivity index (χ3v) is 2.59. The lowest BCUT2D eigenvalue weighted by Crippen LogP contribution is -2.24. The van der Waals surface area contributed by atoms with E-state index in [2.05, 4.69) is 10.3 Å². The van der Waals surface area contributed by atoms with E-state index in [1.54, 1.807) is 33.4 Å². The van der Waals surface area contributed by atoms with Crippen molar-refractivity contribution in [2.75, 3.05) is 26.5 Å². The number of carbonyl (C=O) groups excluding carboxylic acids is 1. The number of rotatable bonds is 4. The number of ether oxygens (including phenoxy) is 1. The van der Waals surface area contributed by atoms with E-state index < -0.39 is 0 Å². The predicted octanol–water partition coefficient (Wildman–Crippen LogP) is 1.37. The Balaban J connectivity index is 2.33. The molecule has 1 aromatic rings. The van der Waals surface area contributed by atoms with Gasteiger partial charge in [-0.25, -0.2) is 4.98 Å². The molecule has 1 aliphatic rings. The van der Waals surface area contributed by atoms with Crippen LogP contribution in [0.3, 0.4) is 0 Å². The van der Waals surface area contributed by atoms with E-state index in [-0.39, 0.29) is 5.91 Å². The Morgan fingerprint density at radius 1 is 1.53 bits per heavy atom. The van der Waals surface area contributed by atoms with Gasteiger partial charge in [-0.2, -0.15) is 0 Å². The third kappa shape index (κ3) is 2.49. The molecule has 0 saturated heterocycles. The van der Waals surface area contributed by atoms with Crippen molar-refractivity contribution in [3.63, 3.8) is 0 Å². The first kappa shape index (κ1) is 11.7. The Kier molecular flexibility index (Phi) is 3.17. The van der Waals surface area contributed by atoms with E-state index in [0.717, 1.165) is 12.8 Å². The maximum Gasteiger partial charge on any atom is 0.274 e. The van der Waals surface area contributed by atoms with Crippen LogP contribution in [0.5, 0.6) is 5.75 Å². The monoisotopic (exact) mass is 235 g/mol. The highest BCUT2D eigenvalue weighted by Gasteiger charge is 2.26. The molecule has 92 valence electrons. The highest BCUT2D eigenvalue weighted by Crippen LogP contribution is 2.33. The van der Waals surface area contributed by atoms with Crippen molar-refractivity contribution < 1.29 is 9.53 Å². The van der Waals surface area contributed by atoms with Crippen LogP contribution < -0.4 is 10.1 Å². The molecule has 1 heterocycles. The lowest BCUT2D eigenvalue weighted by Gasteiger charge is -2.16. The molecule has 0 aliphatic heterocycles. The molecule has 1 saturated carbocycles. The van der Waals surface area contributed by atoms with Crippen molar-refractivity contribution in [1.29, 1.82) is 0 Å². The summed E-state index contributed by atoms with van der Waals surface area (Å²) in [7, 11) is 5.18. The fourth-order valence-electron chi connectivity index (χ4n) is 1.52. The summed E-state index contributed by atoms with van der Waals surface area (Å²) < 4.78 is 5.74. The van der Waals surface area contributed by atoms with E-state index in [4.69, 9.17) is 4.74 Å². The van der Waals surface area contributed by atoms with Crippen LogP contribution in [0.2, 0.25) is 0 Å². The Bertz CT molecular complexity index is 428. The number of nitrogens with zero attached hydrogens (tertiary/aromatic N) is 2. The van der Waals surface area contributed by atoms with Crippen molar-refractivity contribution in [3.05, 3.63) is 18.0 Å². The standard InChI is InChI=1S/C12H17N3O2/c1-13-10-9(17-8-4-5-8)6-7-14-11(10)12(16)15(2)3/h6-8,13H,4-5H2,1-3H3. The van der Waals surface area contributed by atoms with Gasteiger partial charge in [-0.1, -0.05) is 0 Å². The van der Waals surface area contributed by atoms with Crippen molar-refractivity contribution in [3.8, 4) is 5.75 Å². The van der Waals surface area contributed by atoms with Gasteiger partial charge in [0, 0.05) is 33.4 Å². The molecule has 0 aromatic carbocycles. The number of nitrogens with one attached hydrogen (secondary N) is 1. The summed E-state index contributed by atoms with van der Waals surface area (Å²) in [5, 5.41) is 3.00. The van der Waals surface area contributed by atoms with E-state index in [1.807, 2.05) is 0 Å². The van der Waals surface area contributed by atoms with Crippen molar-refractivity contribution in [2.45, 2.75) is 18.9 Å². The van der Waals surface area contributed by atoms with Crippen molar-refractivity contribution >= 4 is 11.6 Å². The van der Waals surface area contributed by atoms with Crippen LogP contribution in [0.1, 0.15) is 23.3 Å². The quantitative estimate of drug-likeness (QED) is 0.856. The second-order valence-corrected chi connectivity index (χ2v) is 4.30. The van der Waals surface area contributed by atoms with Gasteiger partial charge in [0.15, 0.2) is 5.69 Å². The number of pyridine rings is 1. The van der Waals surface area contributed by atoms with E-state index in [1.165, 1.54) is 4.90 Å². The fourth-order valence-corrected chi connectivity index (χ4v) is 1.52. The lowest BCUT2D eigenvalue weighted by atomic mass is 10.2. The Hall–Kier alpha value is -1.78. The SMILES string of the molecule is CNc1c(OC2CC2)ccnc1C(=O)N(C)C. The average Bonchev–Trinajstić information content (AvgIpc) is 3.11. The van der Waals surface area contributed by atoms with E-state index >= 15 is 0 Å². The summed E-state index contributed by atoms with van der Waals surface area (Å²) in [6.07, 6.45) is 4.08. The number of carbonyl (C=O) groups is 1. The normalized spacial score (nSPS) is 14.3. The number of anilines is 1. The van der Waals surface area contributed by atoms with E-state index in [0.29, 0.717) is 23.2 Å². The Labute approximate surface area is 101 Å². The number of hydrogen-bond donors (Lipinski definition) is 1. The molecule has 1 amide bonds. The van der Waals surface area contributed by atoms with Gasteiger partial charge in [-0.05, 0) is 12.8 Å². The van der Waals surface area contributed by atoms with Gasteiger partial charge in [0.2, 0.25) is 0 Å². The van der Waals surface area contributed by atoms with Gasteiger partial charge >= 0.3 is 0 Å². The molecular formula is C12H17N3O2. The molecular weight excluding hydrogens is 218 g/mol. The molecule has 5 nitrogen and oxygen atoms in total. The lowest BCUT2D eigenvalue weighted by molar-refractivity contribution is 0.0822. The molecule has 0 radical (unpaired) electrons. The van der Waals surface area contributed by atoms with Crippen LogP contribution in [0, 0.1) is 0 Å². The van der Waals surface area contributed by atoms with Gasteiger partial charge in [0.1, 0.15) is 11.4 Å². The largest absolute Gasteiger partial charge is 0.488 e. The molecule has 1 aliphatic carbocycles. The van der Waals surface area contributed by atoms with Crippen LogP contribution in [0.15, 0.2) is 12.3 Å². The summed E-state index contributed by atoms with van der Waals surface area (Å²) >= 11 is 0. The first-order chi connectivity index (χ1) is 8.13. The maximum absolute atomic E-state index is 11.9. The number of amides is 1. The molecule has 5 heteroatoms. The molecule has 0 atom stereocenters. The Morgan fingerprint density at radius 2 is 2.24 bits per heavy atom. The second-order valence-electron chi connectivity index (χ2n) is 4.30. The predicted molar refractivity (Wildman–Crippen MR) is 65.5 cm³/mol. The van der Waals surface area contributed by atoms with E-state index in [9.17, 15) is 4.79 Å². The fraction of sp³-hybridized carbons (Fsp3) is 0.500. The topological polar surface area (TPSA) is 54.5 Å². The molecule has 0 unspecified atom stereocenters. The van der Waals surface area contributed by atoms with Crippen LogP contribution in [-0.2, 0) is 0 Å². The highest BCUT2D eigenvalue weighted by atomic mass is 16.5. The van der Waals surface area contributed by atoms with Gasteiger partial charge < -0.3 is 15.0 Å². The smallest absolute Gasteiger partial charge is 0.274 e. The zero-order valence-corrected chi connectivity index (χ0v) is 10.4. The van der Waals surface area contributed by atoms with Crippen molar-refractivity contribution in [2.24, 2.45) is 0 Å². The zero-order valence-electron chi connectivity index (χ0n) is 10.4. The minimum atomic E-state index is -0.129. The van der Waals surface area contributed by atoms with Crippen molar-refractivity contribution in [1.82, 2.24) is 9.88 Å². The first-order valence-electron chi connectivity index (χ1n) is 5.68. The first-order valence-corrected chi connectivity index (χ1v) is 5.68. The summed E-state index contributed by atoms with van der Waals surface area (Å²) in [6.45, 7) is 0. The molecule has 0 spiro atoms. The minimum absolute atomic E-state index is 0.129. The Morgan fingerprint density at radius 3 is 2.76 bits per heavy atom. The van der Waals surface area contributed by atoms with Gasteiger partial charge in [-0.15, -0.1) is 0 Å². The zero-order chi connectivity index (χ0) is 12.4.